The van der Waals surface area contributed by atoms with E-state index in [4.69, 9.17) is 4.74 Å². The van der Waals surface area contributed by atoms with Crippen LogP contribution >= 0.6 is 0 Å². The standard InChI is InChI=1S/C27H38F3N3O4/c1-18-9-8-16-33(18)22(34)21(25(2,3)4)31-24(36)32-26(14-6-5-7-15-26)23(35)37-17-19-10-12-20(13-11-19)27(28,29)30/h10-13,18,21H,5-9,14-17H2,1-4H3,(H2,31,32,36). The zero-order chi connectivity index (χ0) is 27.4. The maximum absolute atomic E-state index is 13.3. The van der Waals surface area contributed by atoms with Crippen LogP contribution in [0.25, 0.3) is 0 Å². The number of amides is 3. The van der Waals surface area contributed by atoms with E-state index in [9.17, 15) is 27.6 Å². The van der Waals surface area contributed by atoms with E-state index in [0.29, 0.717) is 37.8 Å². The van der Waals surface area contributed by atoms with Crippen molar-refractivity contribution in [2.24, 2.45) is 5.41 Å². The number of carbonyl (C=O) groups is 3. The predicted octanol–water partition coefficient (Wildman–Crippen LogP) is 5.18. The van der Waals surface area contributed by atoms with Gasteiger partial charge in [0.05, 0.1) is 5.56 Å². The van der Waals surface area contributed by atoms with Crippen LogP contribution in [0, 0.1) is 5.41 Å². The molecular weight excluding hydrogens is 487 g/mol. The van der Waals surface area contributed by atoms with Crippen molar-refractivity contribution in [2.45, 2.75) is 103 Å². The minimum Gasteiger partial charge on any atom is -0.459 e. The Kier molecular flexibility index (Phi) is 8.80. The van der Waals surface area contributed by atoms with Gasteiger partial charge in [-0.1, -0.05) is 52.2 Å². The summed E-state index contributed by atoms with van der Waals surface area (Å²) in [5.41, 5.74) is -2.19. The fourth-order valence-electron chi connectivity index (χ4n) is 5.07. The van der Waals surface area contributed by atoms with E-state index in [1.807, 2.05) is 27.7 Å². The molecule has 1 aliphatic carbocycles. The zero-order valence-corrected chi connectivity index (χ0v) is 22.0. The van der Waals surface area contributed by atoms with Crippen molar-refractivity contribution in [1.29, 1.82) is 0 Å². The van der Waals surface area contributed by atoms with Crippen LogP contribution in [-0.4, -0.2) is 47.0 Å². The van der Waals surface area contributed by atoms with Gasteiger partial charge < -0.3 is 20.3 Å². The number of carbonyl (C=O) groups excluding carboxylic acids is 3. The number of urea groups is 1. The van der Waals surface area contributed by atoms with Gasteiger partial charge in [0.1, 0.15) is 18.2 Å². The summed E-state index contributed by atoms with van der Waals surface area (Å²) in [7, 11) is 0. The molecule has 1 heterocycles. The van der Waals surface area contributed by atoms with Crippen LogP contribution in [0.1, 0.15) is 83.8 Å². The van der Waals surface area contributed by atoms with Gasteiger partial charge in [0.25, 0.3) is 0 Å². The van der Waals surface area contributed by atoms with E-state index in [2.05, 4.69) is 10.6 Å². The Morgan fingerprint density at radius 2 is 1.68 bits per heavy atom. The first-order chi connectivity index (χ1) is 17.2. The molecule has 2 aliphatic rings. The number of nitrogens with zero attached hydrogens (tertiary/aromatic N) is 1. The second-order valence-corrected chi connectivity index (χ2v) is 11.3. The Hall–Kier alpha value is -2.78. The first-order valence-electron chi connectivity index (χ1n) is 13.0. The van der Waals surface area contributed by atoms with Crippen molar-refractivity contribution in [3.8, 4) is 0 Å². The Balaban J connectivity index is 1.69. The first kappa shape index (κ1) is 28.8. The van der Waals surface area contributed by atoms with Gasteiger partial charge in [-0.05, 0) is 55.7 Å². The summed E-state index contributed by atoms with van der Waals surface area (Å²) in [5, 5.41) is 5.63. The highest BCUT2D eigenvalue weighted by Gasteiger charge is 2.44. The van der Waals surface area contributed by atoms with Crippen LogP contribution in [0.15, 0.2) is 24.3 Å². The van der Waals surface area contributed by atoms with Gasteiger partial charge in [0.2, 0.25) is 5.91 Å². The summed E-state index contributed by atoms with van der Waals surface area (Å²) in [4.78, 5) is 41.5. The third-order valence-corrected chi connectivity index (χ3v) is 7.33. The number of halogens is 3. The third kappa shape index (κ3) is 7.17. The van der Waals surface area contributed by atoms with E-state index in [1.54, 1.807) is 4.90 Å². The molecule has 2 unspecified atom stereocenters. The molecule has 2 fully saturated rings. The van der Waals surface area contributed by atoms with Gasteiger partial charge in [-0.3, -0.25) is 4.79 Å². The van der Waals surface area contributed by atoms with Crippen molar-refractivity contribution < 1.29 is 32.3 Å². The van der Waals surface area contributed by atoms with E-state index in [1.165, 1.54) is 12.1 Å². The van der Waals surface area contributed by atoms with Crippen LogP contribution < -0.4 is 10.6 Å². The number of nitrogens with one attached hydrogen (secondary N) is 2. The fraction of sp³-hybridized carbons (Fsp3) is 0.667. The molecule has 37 heavy (non-hydrogen) atoms. The quantitative estimate of drug-likeness (QED) is 0.502. The molecule has 0 spiro atoms. The average molecular weight is 526 g/mol. The SMILES string of the molecule is CC1CCCN1C(=O)C(NC(=O)NC1(C(=O)OCc2ccc(C(F)(F)F)cc2)CCCCC1)C(C)(C)C. The highest BCUT2D eigenvalue weighted by Crippen LogP contribution is 2.32. The zero-order valence-electron chi connectivity index (χ0n) is 22.0. The molecule has 1 aromatic rings. The molecule has 1 saturated heterocycles. The lowest BCUT2D eigenvalue weighted by Crippen LogP contribution is -2.63. The number of benzene rings is 1. The van der Waals surface area contributed by atoms with Crippen molar-refractivity contribution >= 4 is 17.9 Å². The number of esters is 1. The fourth-order valence-corrected chi connectivity index (χ4v) is 5.07. The summed E-state index contributed by atoms with van der Waals surface area (Å²) in [5.74, 6) is -0.774. The van der Waals surface area contributed by atoms with Gasteiger partial charge in [-0.2, -0.15) is 13.2 Å². The number of likely N-dealkylation sites (tertiary alicyclic amines) is 1. The van der Waals surface area contributed by atoms with Crippen LogP contribution in [0.5, 0.6) is 0 Å². The molecule has 2 N–H and O–H groups in total. The van der Waals surface area contributed by atoms with Crippen LogP contribution in [0.2, 0.25) is 0 Å². The van der Waals surface area contributed by atoms with Gasteiger partial charge in [0, 0.05) is 12.6 Å². The number of hydrogen-bond acceptors (Lipinski definition) is 4. The van der Waals surface area contributed by atoms with E-state index in [0.717, 1.165) is 31.4 Å². The summed E-state index contributed by atoms with van der Waals surface area (Å²) in [6.07, 6.45) is 0.482. The molecule has 0 bridgehead atoms. The molecule has 2 atom stereocenters. The minimum atomic E-state index is -4.45. The third-order valence-electron chi connectivity index (χ3n) is 7.33. The maximum Gasteiger partial charge on any atom is 0.416 e. The molecular formula is C27H38F3N3O4. The first-order valence-corrected chi connectivity index (χ1v) is 13.0. The van der Waals surface area contributed by atoms with E-state index < -0.39 is 40.7 Å². The van der Waals surface area contributed by atoms with Crippen LogP contribution in [-0.2, 0) is 27.1 Å². The Bertz CT molecular complexity index is 967. The summed E-state index contributed by atoms with van der Waals surface area (Å²) >= 11 is 0. The van der Waals surface area contributed by atoms with E-state index in [-0.39, 0.29) is 18.6 Å². The van der Waals surface area contributed by atoms with Gasteiger partial charge in [-0.25, -0.2) is 9.59 Å². The second-order valence-electron chi connectivity index (χ2n) is 11.3. The molecule has 1 saturated carbocycles. The number of rotatable bonds is 6. The molecule has 1 aliphatic heterocycles. The summed E-state index contributed by atoms with van der Waals surface area (Å²) in [6.45, 7) is 8.07. The lowest BCUT2D eigenvalue weighted by molar-refractivity contribution is -0.154. The Morgan fingerprint density at radius 1 is 1.05 bits per heavy atom. The highest BCUT2D eigenvalue weighted by atomic mass is 19.4. The predicted molar refractivity (Wildman–Crippen MR) is 132 cm³/mol. The maximum atomic E-state index is 13.3. The highest BCUT2D eigenvalue weighted by molar-refractivity contribution is 5.91. The molecule has 7 nitrogen and oxygen atoms in total. The lowest BCUT2D eigenvalue weighted by Gasteiger charge is -2.38. The smallest absolute Gasteiger partial charge is 0.416 e. The van der Waals surface area contributed by atoms with Gasteiger partial charge >= 0.3 is 18.2 Å². The monoisotopic (exact) mass is 525 g/mol. The molecule has 10 heteroatoms. The lowest BCUT2D eigenvalue weighted by atomic mass is 9.81. The average Bonchev–Trinajstić information content (AvgIpc) is 3.26. The number of ether oxygens (including phenoxy) is 1. The van der Waals surface area contributed by atoms with Crippen LogP contribution in [0.3, 0.4) is 0 Å². The summed E-state index contributed by atoms with van der Waals surface area (Å²) in [6, 6.07) is 3.12. The topological polar surface area (TPSA) is 87.7 Å². The molecule has 0 aromatic heterocycles. The van der Waals surface area contributed by atoms with Crippen LogP contribution in [0.4, 0.5) is 18.0 Å². The van der Waals surface area contributed by atoms with Crippen molar-refractivity contribution in [3.05, 3.63) is 35.4 Å². The molecule has 0 radical (unpaired) electrons. The van der Waals surface area contributed by atoms with E-state index >= 15 is 0 Å². The molecule has 206 valence electrons. The number of hydrogen-bond donors (Lipinski definition) is 2. The van der Waals surface area contributed by atoms with Crippen molar-refractivity contribution in [3.63, 3.8) is 0 Å². The summed E-state index contributed by atoms with van der Waals surface area (Å²) < 4.78 is 43.9. The molecule has 3 amide bonds. The number of alkyl halides is 3. The van der Waals surface area contributed by atoms with Gasteiger partial charge in [0.15, 0.2) is 0 Å². The minimum absolute atomic E-state index is 0.104. The Morgan fingerprint density at radius 3 is 2.19 bits per heavy atom. The Labute approximate surface area is 216 Å². The van der Waals surface area contributed by atoms with Crippen molar-refractivity contribution in [2.75, 3.05) is 6.54 Å². The van der Waals surface area contributed by atoms with Crippen molar-refractivity contribution in [1.82, 2.24) is 15.5 Å². The second kappa shape index (κ2) is 11.3. The van der Waals surface area contributed by atoms with Gasteiger partial charge in [-0.15, -0.1) is 0 Å². The molecule has 1 aromatic carbocycles. The largest absolute Gasteiger partial charge is 0.459 e. The molecule has 3 rings (SSSR count). The normalized spacial score (nSPS) is 20.7.